The van der Waals surface area contributed by atoms with E-state index in [2.05, 4.69) is 73.9 Å². The predicted molar refractivity (Wildman–Crippen MR) is 167 cm³/mol. The van der Waals surface area contributed by atoms with Crippen LogP contribution in [0.15, 0.2) is 78.9 Å². The summed E-state index contributed by atoms with van der Waals surface area (Å²) in [7, 11) is 1.54. The maximum atomic E-state index is 13.6. The van der Waals surface area contributed by atoms with Gasteiger partial charge in [0.15, 0.2) is 0 Å². The molecule has 2 atom stereocenters. The molecule has 2 saturated heterocycles. The Morgan fingerprint density at radius 3 is 2.20 bits per heavy atom. The van der Waals surface area contributed by atoms with E-state index in [-0.39, 0.29) is 48.5 Å². The number of carbonyl (C=O) groups is 1. The first-order chi connectivity index (χ1) is 20.9. The second-order valence-electron chi connectivity index (χ2n) is 11.0. The molecule has 1 amide bonds. The third kappa shape index (κ3) is 7.25. The normalized spacial score (nSPS) is 18.9. The van der Waals surface area contributed by atoms with Crippen LogP contribution in [0.4, 0.5) is 13.2 Å². The Bertz CT molecular complexity index is 1510. The number of amides is 1. The van der Waals surface area contributed by atoms with E-state index in [1.807, 2.05) is 17.0 Å². The van der Waals surface area contributed by atoms with Gasteiger partial charge in [0.1, 0.15) is 5.75 Å². The monoisotopic (exact) mass is 663 g/mol. The highest BCUT2D eigenvalue weighted by Gasteiger charge is 2.42. The molecule has 0 aliphatic carbocycles. The molecular weight excluding hydrogens is 630 g/mol. The van der Waals surface area contributed by atoms with Gasteiger partial charge in [-0.05, 0) is 39.8 Å². The van der Waals surface area contributed by atoms with Crippen molar-refractivity contribution in [2.24, 2.45) is 0 Å². The molecule has 14 heteroatoms. The van der Waals surface area contributed by atoms with Gasteiger partial charge in [0, 0.05) is 62.8 Å². The molecule has 1 aromatic heterocycles. The number of halogens is 5. The molecule has 9 nitrogen and oxygen atoms in total. The number of carbonyl (C=O) groups excluding carboxylic acids is 1. The number of hydrogen-bond donors (Lipinski definition) is 0. The zero-order valence-electron chi connectivity index (χ0n) is 24.5. The summed E-state index contributed by atoms with van der Waals surface area (Å²) < 4.78 is 47.1. The highest BCUT2D eigenvalue weighted by Crippen LogP contribution is 2.37. The van der Waals surface area contributed by atoms with Crippen LogP contribution in [-0.4, -0.2) is 93.2 Å². The Balaban J connectivity index is 0.00000230. The van der Waals surface area contributed by atoms with E-state index in [0.29, 0.717) is 43.2 Å². The first kappa shape index (κ1) is 34.2. The third-order valence-corrected chi connectivity index (χ3v) is 8.38. The Labute approximate surface area is 271 Å². The van der Waals surface area contributed by atoms with Gasteiger partial charge in [-0.3, -0.25) is 14.6 Å². The van der Waals surface area contributed by atoms with E-state index in [4.69, 9.17) is 4.74 Å². The second-order valence-corrected chi connectivity index (χ2v) is 11.0. The van der Waals surface area contributed by atoms with E-state index in [1.54, 1.807) is 19.2 Å². The minimum Gasteiger partial charge on any atom is -0.496 e. The smallest absolute Gasteiger partial charge is 0.453 e. The third-order valence-electron chi connectivity index (χ3n) is 8.38. The summed E-state index contributed by atoms with van der Waals surface area (Å²) in [6.07, 6.45) is -3.80. The van der Waals surface area contributed by atoms with Crippen LogP contribution >= 0.6 is 24.8 Å². The highest BCUT2D eigenvalue weighted by molar-refractivity contribution is 5.85. The molecule has 240 valence electrons. The second kappa shape index (κ2) is 14.6. The van der Waals surface area contributed by atoms with Crippen LogP contribution < -0.4 is 4.74 Å². The molecule has 0 bridgehead atoms. The van der Waals surface area contributed by atoms with E-state index in [0.717, 1.165) is 18.5 Å². The van der Waals surface area contributed by atoms with Gasteiger partial charge < -0.3 is 9.64 Å². The average Bonchev–Trinajstić information content (AvgIpc) is 3.53. The number of ether oxygens (including phenoxy) is 1. The van der Waals surface area contributed by atoms with Crippen molar-refractivity contribution in [1.82, 2.24) is 34.9 Å². The van der Waals surface area contributed by atoms with Gasteiger partial charge in [-0.25, -0.2) is 0 Å². The Morgan fingerprint density at radius 1 is 0.933 bits per heavy atom. The molecule has 4 aromatic rings. The molecule has 0 saturated carbocycles. The number of fused-ring (bicyclic) bond motifs is 1. The fraction of sp³-hybridized carbons (Fsp3) is 0.355. The molecule has 3 heterocycles. The lowest BCUT2D eigenvalue weighted by atomic mass is 9.81. The van der Waals surface area contributed by atoms with E-state index in [1.165, 1.54) is 17.2 Å². The molecule has 6 rings (SSSR count). The number of benzene rings is 3. The summed E-state index contributed by atoms with van der Waals surface area (Å²) in [6, 6.07) is 25.8. The Morgan fingerprint density at radius 2 is 1.60 bits per heavy atom. The largest absolute Gasteiger partial charge is 0.496 e. The van der Waals surface area contributed by atoms with Crippen LogP contribution in [0.25, 0.3) is 5.69 Å². The molecule has 0 N–H and O–H groups in total. The summed E-state index contributed by atoms with van der Waals surface area (Å²) in [6.45, 7) is 3.84. The zero-order valence-corrected chi connectivity index (χ0v) is 26.1. The van der Waals surface area contributed by atoms with Crippen molar-refractivity contribution in [3.05, 3.63) is 101 Å². The number of nitrogens with zero attached hydrogens (tertiary/aromatic N) is 7. The standard InChI is InChI=1S/C31H32F3N7O2.2ClH/c1-43-28-13-12-25(41-30(31(32,33)34)35-36-37-41)16-24(28)17-39-19-26-18-38(21-42)14-15-40(26)27(20-39)29(22-8-4-2-5-9-22)23-10-6-3-7-11-23;;/h2-13,16,21,26-27,29H,14-15,17-20H2,1H3;2*1H/t26-,27?;;/m0../s1. The van der Waals surface area contributed by atoms with Crippen LogP contribution in [0.5, 0.6) is 5.75 Å². The summed E-state index contributed by atoms with van der Waals surface area (Å²) in [5, 5.41) is 10.1. The quantitative estimate of drug-likeness (QED) is 0.253. The number of aromatic nitrogens is 4. The van der Waals surface area contributed by atoms with Crippen molar-refractivity contribution in [2.45, 2.75) is 30.7 Å². The first-order valence-electron chi connectivity index (χ1n) is 14.2. The topological polar surface area (TPSA) is 79.6 Å². The summed E-state index contributed by atoms with van der Waals surface area (Å²) in [4.78, 5) is 18.4. The van der Waals surface area contributed by atoms with Crippen molar-refractivity contribution in [2.75, 3.05) is 39.8 Å². The van der Waals surface area contributed by atoms with Gasteiger partial charge in [0.2, 0.25) is 6.41 Å². The van der Waals surface area contributed by atoms with Gasteiger partial charge in [-0.2, -0.15) is 17.9 Å². The Kier molecular flexibility index (Phi) is 11.1. The fourth-order valence-electron chi connectivity index (χ4n) is 6.51. The summed E-state index contributed by atoms with van der Waals surface area (Å²) >= 11 is 0. The molecule has 3 aromatic carbocycles. The van der Waals surface area contributed by atoms with Crippen LogP contribution in [-0.2, 0) is 17.5 Å². The molecular formula is C31H34Cl2F3N7O2. The number of tetrazole rings is 1. The maximum absolute atomic E-state index is 13.6. The van der Waals surface area contributed by atoms with Crippen molar-refractivity contribution in [3.63, 3.8) is 0 Å². The molecule has 2 aliphatic heterocycles. The molecule has 2 fully saturated rings. The minimum atomic E-state index is -4.71. The maximum Gasteiger partial charge on any atom is 0.453 e. The predicted octanol–water partition coefficient (Wildman–Crippen LogP) is 4.69. The first-order valence-corrected chi connectivity index (χ1v) is 14.2. The zero-order chi connectivity index (χ0) is 30.0. The van der Waals surface area contributed by atoms with Crippen LogP contribution in [0.2, 0.25) is 0 Å². The SMILES string of the molecule is COc1ccc(-n2nnnc2C(F)(F)F)cc1CN1CC(C(c2ccccc2)c2ccccc2)N2CCN(C=O)C[C@H]2C1.Cl.Cl. The lowest BCUT2D eigenvalue weighted by Crippen LogP contribution is -2.66. The van der Waals surface area contributed by atoms with Gasteiger partial charge in [0.25, 0.3) is 5.82 Å². The van der Waals surface area contributed by atoms with Gasteiger partial charge in [-0.15, -0.1) is 29.9 Å². The average molecular weight is 665 g/mol. The Hall–Kier alpha value is -3.71. The lowest BCUT2D eigenvalue weighted by molar-refractivity contribution is -0.146. The van der Waals surface area contributed by atoms with E-state index >= 15 is 0 Å². The fourth-order valence-corrected chi connectivity index (χ4v) is 6.51. The molecule has 0 spiro atoms. The molecule has 45 heavy (non-hydrogen) atoms. The number of methoxy groups -OCH3 is 1. The van der Waals surface area contributed by atoms with Crippen LogP contribution in [0.1, 0.15) is 28.4 Å². The van der Waals surface area contributed by atoms with Crippen molar-refractivity contribution in [1.29, 1.82) is 0 Å². The molecule has 2 aliphatic rings. The van der Waals surface area contributed by atoms with Crippen molar-refractivity contribution >= 4 is 31.2 Å². The number of alkyl halides is 3. The van der Waals surface area contributed by atoms with Gasteiger partial charge in [0.05, 0.1) is 12.8 Å². The number of piperazine rings is 2. The molecule has 1 unspecified atom stereocenters. The molecule has 0 radical (unpaired) electrons. The summed E-state index contributed by atoms with van der Waals surface area (Å²) in [5.41, 5.74) is 3.32. The minimum absolute atomic E-state index is 0. The summed E-state index contributed by atoms with van der Waals surface area (Å²) in [5.74, 6) is -0.563. The van der Waals surface area contributed by atoms with Gasteiger partial charge >= 0.3 is 6.18 Å². The lowest BCUT2D eigenvalue weighted by Gasteiger charge is -2.53. The van der Waals surface area contributed by atoms with Crippen molar-refractivity contribution in [3.8, 4) is 11.4 Å². The number of hydrogen-bond acceptors (Lipinski definition) is 7. The number of rotatable bonds is 8. The van der Waals surface area contributed by atoms with Crippen LogP contribution in [0, 0.1) is 0 Å². The van der Waals surface area contributed by atoms with E-state index < -0.39 is 12.0 Å². The van der Waals surface area contributed by atoms with Gasteiger partial charge in [-0.1, -0.05) is 60.7 Å². The van der Waals surface area contributed by atoms with Crippen LogP contribution in [0.3, 0.4) is 0 Å². The van der Waals surface area contributed by atoms with Crippen molar-refractivity contribution < 1.29 is 22.7 Å². The highest BCUT2D eigenvalue weighted by atomic mass is 35.5. The van der Waals surface area contributed by atoms with E-state index in [9.17, 15) is 18.0 Å².